The number of benzene rings is 2. The number of nitro benzene ring substituents is 1. The van der Waals surface area contributed by atoms with Gasteiger partial charge in [0.1, 0.15) is 29.8 Å². The van der Waals surface area contributed by atoms with Gasteiger partial charge in [-0.05, 0) is 88.5 Å². The van der Waals surface area contributed by atoms with Crippen molar-refractivity contribution < 1.29 is 42.0 Å². The van der Waals surface area contributed by atoms with Crippen LogP contribution in [0.15, 0.2) is 66.7 Å². The van der Waals surface area contributed by atoms with Gasteiger partial charge >= 0.3 is 6.09 Å². The van der Waals surface area contributed by atoms with Gasteiger partial charge in [-0.2, -0.15) is 9.61 Å². The third-order valence-corrected chi connectivity index (χ3v) is 14.4. The topological polar surface area (TPSA) is 234 Å². The summed E-state index contributed by atoms with van der Waals surface area (Å²) < 4.78 is 42.1. The van der Waals surface area contributed by atoms with E-state index in [9.17, 15) is 37.7 Å². The number of alkyl carbamates (subject to hydrolysis) is 1. The average Bonchev–Trinajstić information content (AvgIpc) is 4.06. The average molecular weight is 869 g/mol. The van der Waals surface area contributed by atoms with E-state index in [-0.39, 0.29) is 43.5 Å². The molecule has 0 spiro atoms. The molecule has 3 aliphatic carbocycles. The third-order valence-electron chi connectivity index (χ3n) is 12.6. The number of rotatable bonds is 9. The van der Waals surface area contributed by atoms with Gasteiger partial charge in [0.05, 0.1) is 27.9 Å². The maximum atomic E-state index is 14.8. The SMILES string of the molecule is O=C(N[C@H]1CCCCC/C=C\[C@H]2C[C@@]2(C(=O)NS(=O)(=O)C2CC2)NC(=O)[C@@H]2C[C@@H](Oc3cc(-c4ccc([N+](=O)[O-])cc4)nc4c5ccccc5nn34)CN2C1=O)OC1CCCC1. The fourth-order valence-electron chi connectivity index (χ4n) is 8.94. The van der Waals surface area contributed by atoms with Crippen molar-refractivity contribution in [3.63, 3.8) is 0 Å². The Labute approximate surface area is 357 Å². The highest BCUT2D eigenvalue weighted by atomic mass is 32.2. The number of nitrogens with one attached hydrogen (secondary N) is 3. The third kappa shape index (κ3) is 8.41. The van der Waals surface area contributed by atoms with Crippen LogP contribution < -0.4 is 20.1 Å². The van der Waals surface area contributed by atoms with Crippen LogP contribution in [0.3, 0.4) is 0 Å². The fraction of sp³-hybridized carbons (Fsp3) is 0.488. The molecular formula is C43H48N8O10S. The van der Waals surface area contributed by atoms with Crippen molar-refractivity contribution in [3.05, 3.63) is 76.9 Å². The lowest BCUT2D eigenvalue weighted by molar-refractivity contribution is -0.384. The molecule has 0 radical (unpaired) electrons. The number of fused-ring (bicyclic) bond motifs is 5. The number of ether oxygens (including phenoxy) is 2. The van der Waals surface area contributed by atoms with Gasteiger partial charge in [0.15, 0.2) is 5.65 Å². The number of allylic oxidation sites excluding steroid dienone is 1. The van der Waals surface area contributed by atoms with Gasteiger partial charge in [-0.15, -0.1) is 0 Å². The summed E-state index contributed by atoms with van der Waals surface area (Å²) in [6, 6.07) is 12.7. The Balaban J connectivity index is 1.05. The predicted octanol–water partition coefficient (Wildman–Crippen LogP) is 4.85. The molecule has 2 aromatic carbocycles. The van der Waals surface area contributed by atoms with E-state index in [4.69, 9.17) is 19.6 Å². The standard InChI is InChI=1S/C43H48N8O10S/c52-39-36-22-30(60-37-23-35(26-16-18-28(19-17-26)51(56)57)44-38-32-13-8-9-14-33(32)47-50(37)38)25-49(36)40(53)34(45-42(55)61-29-11-6-7-12-29)15-5-3-1-2-4-10-27-24-43(27,46-39)41(54)48-62(58,59)31-20-21-31/h4,8-10,13-14,16-19,23,27,29-31,34,36H,1-3,5-7,11-12,15,20-22,24-25H2,(H,45,55)(H,46,52)(H,48,54)/b10-4-/t27-,30+,34-,36-,43+/m0/s1. The molecular weight excluding hydrogens is 821 g/mol. The number of nitrogens with zero attached hydrogens (tertiary/aromatic N) is 5. The number of carbonyl (C=O) groups excluding carboxylic acids is 4. The molecule has 2 aliphatic heterocycles. The molecule has 4 fully saturated rings. The normalized spacial score (nSPS) is 26.4. The molecule has 4 heterocycles. The molecule has 18 nitrogen and oxygen atoms in total. The van der Waals surface area contributed by atoms with Crippen LogP contribution in [0.5, 0.6) is 5.88 Å². The van der Waals surface area contributed by atoms with Gasteiger partial charge in [-0.25, -0.2) is 18.2 Å². The van der Waals surface area contributed by atoms with E-state index < -0.39 is 73.7 Å². The molecule has 326 valence electrons. The summed E-state index contributed by atoms with van der Waals surface area (Å²) in [5.41, 5.74) is 0.425. The van der Waals surface area contributed by atoms with Crippen LogP contribution in [0.25, 0.3) is 27.8 Å². The lowest BCUT2D eigenvalue weighted by Crippen LogP contribution is -2.58. The van der Waals surface area contributed by atoms with Crippen LogP contribution in [0, 0.1) is 16.0 Å². The van der Waals surface area contributed by atoms with Crippen LogP contribution >= 0.6 is 0 Å². The molecule has 19 heteroatoms. The second kappa shape index (κ2) is 16.6. The first-order chi connectivity index (χ1) is 29.9. The van der Waals surface area contributed by atoms with Crippen molar-refractivity contribution in [1.29, 1.82) is 0 Å². The first-order valence-electron chi connectivity index (χ1n) is 21.4. The van der Waals surface area contributed by atoms with Crippen LogP contribution in [0.4, 0.5) is 10.5 Å². The van der Waals surface area contributed by atoms with Crippen molar-refractivity contribution in [2.24, 2.45) is 5.92 Å². The molecule has 62 heavy (non-hydrogen) atoms. The predicted molar refractivity (Wildman–Crippen MR) is 224 cm³/mol. The largest absolute Gasteiger partial charge is 0.472 e. The van der Waals surface area contributed by atoms with Crippen LogP contribution in [0.2, 0.25) is 0 Å². The minimum Gasteiger partial charge on any atom is -0.472 e. The number of sulfonamides is 1. The number of carbonyl (C=O) groups is 4. The molecule has 5 atom stereocenters. The van der Waals surface area contributed by atoms with Gasteiger partial charge < -0.3 is 25.0 Å². The lowest BCUT2D eigenvalue weighted by atomic mass is 10.0. The van der Waals surface area contributed by atoms with E-state index in [1.165, 1.54) is 21.5 Å². The van der Waals surface area contributed by atoms with E-state index in [1.807, 2.05) is 36.4 Å². The van der Waals surface area contributed by atoms with Crippen molar-refractivity contribution in [3.8, 4) is 17.1 Å². The smallest absolute Gasteiger partial charge is 0.408 e. The van der Waals surface area contributed by atoms with E-state index in [0.29, 0.717) is 53.5 Å². The molecule has 3 N–H and O–H groups in total. The Hall–Kier alpha value is -6.11. The van der Waals surface area contributed by atoms with E-state index in [0.717, 1.165) is 38.5 Å². The molecule has 0 unspecified atom stereocenters. The summed E-state index contributed by atoms with van der Waals surface area (Å²) in [5, 5.41) is 21.9. The Bertz CT molecular complexity index is 2570. The maximum absolute atomic E-state index is 14.8. The van der Waals surface area contributed by atoms with Crippen molar-refractivity contribution in [2.75, 3.05) is 6.54 Å². The van der Waals surface area contributed by atoms with Crippen molar-refractivity contribution in [2.45, 2.75) is 119 Å². The summed E-state index contributed by atoms with van der Waals surface area (Å²) in [6.45, 7) is -0.0944. The zero-order chi connectivity index (χ0) is 43.2. The van der Waals surface area contributed by atoms with E-state index in [1.54, 1.807) is 18.2 Å². The van der Waals surface area contributed by atoms with Gasteiger partial charge in [0.2, 0.25) is 27.7 Å². The molecule has 3 saturated carbocycles. The summed E-state index contributed by atoms with van der Waals surface area (Å²) >= 11 is 0. The first kappa shape index (κ1) is 41.3. The summed E-state index contributed by atoms with van der Waals surface area (Å²) in [7, 11) is -3.94. The number of amides is 4. The van der Waals surface area contributed by atoms with E-state index >= 15 is 0 Å². The monoisotopic (exact) mass is 868 g/mol. The molecule has 4 aromatic rings. The Morgan fingerprint density at radius 2 is 1.71 bits per heavy atom. The molecule has 0 bridgehead atoms. The molecule has 4 amide bonds. The first-order valence-corrected chi connectivity index (χ1v) is 23.0. The van der Waals surface area contributed by atoms with E-state index in [2.05, 4.69) is 15.4 Å². The summed E-state index contributed by atoms with van der Waals surface area (Å²) in [4.78, 5) is 73.7. The zero-order valence-corrected chi connectivity index (χ0v) is 34.8. The van der Waals surface area contributed by atoms with Crippen LogP contribution in [-0.4, -0.2) is 98.3 Å². The summed E-state index contributed by atoms with van der Waals surface area (Å²) in [6.07, 6.45) is 9.49. The van der Waals surface area contributed by atoms with Gasteiger partial charge in [-0.3, -0.25) is 29.2 Å². The minimum absolute atomic E-state index is 0.0349. The molecule has 2 aromatic heterocycles. The van der Waals surface area contributed by atoms with Gasteiger partial charge in [-0.1, -0.05) is 37.1 Å². The van der Waals surface area contributed by atoms with Crippen molar-refractivity contribution in [1.82, 2.24) is 34.9 Å². The number of aromatic nitrogens is 3. The quantitative estimate of drug-likeness (QED) is 0.116. The Morgan fingerprint density at radius 1 is 0.952 bits per heavy atom. The fourth-order valence-corrected chi connectivity index (χ4v) is 10.3. The Kier molecular flexibility index (Phi) is 11.1. The Morgan fingerprint density at radius 3 is 2.47 bits per heavy atom. The minimum atomic E-state index is -3.94. The van der Waals surface area contributed by atoms with Crippen LogP contribution in [0.1, 0.15) is 83.5 Å². The molecule has 5 aliphatic rings. The highest BCUT2D eigenvalue weighted by Gasteiger charge is 2.62. The molecule has 9 rings (SSSR count). The van der Waals surface area contributed by atoms with Crippen molar-refractivity contribution >= 4 is 56.1 Å². The van der Waals surface area contributed by atoms with Gasteiger partial charge in [0.25, 0.3) is 11.6 Å². The highest BCUT2D eigenvalue weighted by Crippen LogP contribution is 2.46. The number of hydrogen-bond donors (Lipinski definition) is 3. The highest BCUT2D eigenvalue weighted by molar-refractivity contribution is 7.91. The van der Waals surface area contributed by atoms with Gasteiger partial charge in [0, 0.05) is 41.5 Å². The zero-order valence-electron chi connectivity index (χ0n) is 33.9. The number of hydrogen-bond acceptors (Lipinski definition) is 12. The summed E-state index contributed by atoms with van der Waals surface area (Å²) in [5.74, 6) is -2.26. The molecule has 1 saturated heterocycles. The maximum Gasteiger partial charge on any atom is 0.408 e. The second-order valence-electron chi connectivity index (χ2n) is 17.0. The number of non-ortho nitro benzene ring substituents is 1. The van der Waals surface area contributed by atoms with Crippen LogP contribution in [-0.2, 0) is 29.1 Å². The lowest BCUT2D eigenvalue weighted by Gasteiger charge is -2.30. The number of nitro groups is 1. The second-order valence-corrected chi connectivity index (χ2v) is 19.0.